The smallest absolute Gasteiger partial charge is 0.407 e. The van der Waals surface area contributed by atoms with Crippen molar-refractivity contribution in [3.8, 4) is 33.5 Å². The van der Waals surface area contributed by atoms with Gasteiger partial charge in [-0.25, -0.2) is 14.6 Å². The number of fused-ring (bicyclic) bond motifs is 4. The first kappa shape index (κ1) is 44.6. The minimum Gasteiger partial charge on any atom is -0.453 e. The fraction of sp³-hybridized carbons (Fsp3) is 0.370. The second-order valence-electron chi connectivity index (χ2n) is 18.9. The quantitative estimate of drug-likeness (QED) is 0.0995. The normalized spacial score (nSPS) is 21.4. The number of rotatable bonds is 11. The number of imidazole rings is 1. The average Bonchev–Trinajstić information content (AvgIpc) is 4.20. The van der Waals surface area contributed by atoms with Gasteiger partial charge < -0.3 is 39.9 Å². The average molecular weight is 916 g/mol. The molecule has 0 spiro atoms. The molecule has 4 amide bonds. The van der Waals surface area contributed by atoms with E-state index in [1.54, 1.807) is 23.1 Å². The van der Waals surface area contributed by atoms with E-state index < -0.39 is 24.3 Å². The van der Waals surface area contributed by atoms with Gasteiger partial charge in [-0.3, -0.25) is 14.4 Å². The van der Waals surface area contributed by atoms with E-state index in [0.717, 1.165) is 65.9 Å². The highest BCUT2D eigenvalue weighted by Crippen LogP contribution is 2.60. The van der Waals surface area contributed by atoms with Crippen LogP contribution in [0.3, 0.4) is 0 Å². The Morgan fingerprint density at radius 3 is 2.16 bits per heavy atom. The van der Waals surface area contributed by atoms with Crippen LogP contribution in [0, 0.1) is 5.92 Å². The Balaban J connectivity index is 0.906. The summed E-state index contributed by atoms with van der Waals surface area (Å²) in [5.74, 6) is 0.885. The number of hydrogen-bond acceptors (Lipinski definition) is 8. The largest absolute Gasteiger partial charge is 0.453 e. The van der Waals surface area contributed by atoms with Gasteiger partial charge in [-0.2, -0.15) is 0 Å². The molecule has 2 saturated heterocycles. The molecule has 2 aliphatic heterocycles. The number of methoxy groups -OCH3 is 2. The maximum Gasteiger partial charge on any atom is 0.407 e. The van der Waals surface area contributed by atoms with Gasteiger partial charge in [0.1, 0.15) is 17.9 Å². The van der Waals surface area contributed by atoms with Crippen molar-refractivity contribution >= 4 is 34.9 Å². The van der Waals surface area contributed by atoms with Crippen LogP contribution in [0.2, 0.25) is 0 Å². The van der Waals surface area contributed by atoms with Crippen molar-refractivity contribution in [2.75, 3.05) is 27.3 Å². The fourth-order valence-corrected chi connectivity index (χ4v) is 11.5. The molecular formula is C54H57N7O7. The maximum atomic E-state index is 14.2. The third kappa shape index (κ3) is 7.88. The van der Waals surface area contributed by atoms with Crippen LogP contribution < -0.4 is 16.1 Å². The highest BCUT2D eigenvalue weighted by Gasteiger charge is 2.51. The van der Waals surface area contributed by atoms with Crippen molar-refractivity contribution in [3.05, 3.63) is 136 Å². The molecule has 350 valence electrons. The van der Waals surface area contributed by atoms with Gasteiger partial charge in [0, 0.05) is 35.8 Å². The van der Waals surface area contributed by atoms with Gasteiger partial charge >= 0.3 is 12.2 Å². The first-order valence-electron chi connectivity index (χ1n) is 23.8. The number of carbonyl (C=O) groups excluding carboxylic acids is 4. The van der Waals surface area contributed by atoms with Gasteiger partial charge in [0.05, 0.1) is 38.2 Å². The van der Waals surface area contributed by atoms with Gasteiger partial charge in [0.15, 0.2) is 5.43 Å². The Labute approximate surface area is 394 Å². The number of pyridine rings is 1. The summed E-state index contributed by atoms with van der Waals surface area (Å²) < 4.78 is 9.62. The van der Waals surface area contributed by atoms with E-state index in [0.29, 0.717) is 54.0 Å². The van der Waals surface area contributed by atoms with E-state index in [9.17, 15) is 24.0 Å². The van der Waals surface area contributed by atoms with Crippen LogP contribution in [-0.2, 0) is 30.9 Å². The molecule has 4 aromatic carbocycles. The molecule has 4 N–H and O–H groups in total. The molecule has 4 heterocycles. The first-order valence-corrected chi connectivity index (χ1v) is 23.8. The lowest BCUT2D eigenvalue weighted by molar-refractivity contribution is -0.135. The zero-order valence-electron chi connectivity index (χ0n) is 38.9. The highest BCUT2D eigenvalue weighted by atomic mass is 16.5. The van der Waals surface area contributed by atoms with Gasteiger partial charge in [-0.15, -0.1) is 0 Å². The lowest BCUT2D eigenvalue weighted by Crippen LogP contribution is -2.48. The number of H-pyrrole nitrogens is 2. The Kier molecular flexibility index (Phi) is 11.9. The van der Waals surface area contributed by atoms with E-state index in [-0.39, 0.29) is 34.7 Å². The Morgan fingerprint density at radius 2 is 1.46 bits per heavy atom. The zero-order valence-corrected chi connectivity index (χ0v) is 38.9. The number of carbonyl (C=O) groups is 4. The van der Waals surface area contributed by atoms with E-state index in [1.807, 2.05) is 48.4 Å². The van der Waals surface area contributed by atoms with Crippen molar-refractivity contribution in [1.29, 1.82) is 0 Å². The van der Waals surface area contributed by atoms with Crippen LogP contribution in [0.4, 0.5) is 9.59 Å². The number of likely N-dealkylation sites (tertiary alicyclic amines) is 2. The van der Waals surface area contributed by atoms with Crippen LogP contribution in [0.25, 0.3) is 44.4 Å². The fourth-order valence-electron chi connectivity index (χ4n) is 11.5. The number of alkyl carbamates (subject to hydrolysis) is 2. The third-order valence-corrected chi connectivity index (χ3v) is 15.3. The molecule has 2 aromatic heterocycles. The Morgan fingerprint density at radius 1 is 0.779 bits per heavy atom. The van der Waals surface area contributed by atoms with Gasteiger partial charge in [-0.1, -0.05) is 86.6 Å². The maximum absolute atomic E-state index is 14.2. The molecule has 3 fully saturated rings. The summed E-state index contributed by atoms with van der Waals surface area (Å²) in [6, 6.07) is 27.7. The summed E-state index contributed by atoms with van der Waals surface area (Å²) in [5.41, 5.74) is 11.1. The van der Waals surface area contributed by atoms with Gasteiger partial charge in [0.2, 0.25) is 11.8 Å². The standard InChI is InChI=1S/C54H57N7O7/c1-5-40(58-52(65)67-3)50(63)61-26-10-14-45(61)49-55-30-43(57-49)32-17-15-31(16-18-32)36-20-21-37(47-38(36)28-35-23-24-54(35,47)2)34-19-22-41-39(27-34)46(62)29-42(56-41)44-13-9-25-60(44)51(64)48(59-53(66)68-4)33-11-7-6-8-12-33/h6-8,11-12,15-22,27,29-30,35,40,44-45,48H,5,9-10,13-14,23-26,28H2,1-4H3,(H,55,57)(H,56,62)(H,58,65)(H,59,66)/t35?,40-,44-,45-,48-,54?/m0/s1. The summed E-state index contributed by atoms with van der Waals surface area (Å²) in [5, 5.41) is 5.98. The number of nitrogens with zero attached hydrogens (tertiary/aromatic N) is 3. The summed E-state index contributed by atoms with van der Waals surface area (Å²) in [6.45, 7) is 5.35. The molecule has 6 aromatic rings. The summed E-state index contributed by atoms with van der Waals surface area (Å²) >= 11 is 0. The van der Waals surface area contributed by atoms with E-state index in [1.165, 1.54) is 37.3 Å². The van der Waals surface area contributed by atoms with Crippen molar-refractivity contribution < 1.29 is 28.7 Å². The van der Waals surface area contributed by atoms with E-state index in [2.05, 4.69) is 70.0 Å². The second-order valence-corrected chi connectivity index (χ2v) is 18.9. The summed E-state index contributed by atoms with van der Waals surface area (Å²) in [7, 11) is 2.56. The van der Waals surface area contributed by atoms with Crippen LogP contribution in [0.5, 0.6) is 0 Å². The molecule has 14 heteroatoms. The van der Waals surface area contributed by atoms with Crippen molar-refractivity contribution in [2.24, 2.45) is 5.92 Å². The zero-order chi connectivity index (χ0) is 47.3. The number of aromatic nitrogens is 3. The number of amides is 4. The Bertz CT molecular complexity index is 2980. The van der Waals surface area contributed by atoms with E-state index >= 15 is 0 Å². The number of benzene rings is 4. The van der Waals surface area contributed by atoms with Crippen LogP contribution in [-0.4, -0.2) is 82.1 Å². The van der Waals surface area contributed by atoms with Crippen molar-refractivity contribution in [1.82, 2.24) is 35.4 Å². The minimum atomic E-state index is -0.937. The number of hydrogen-bond donors (Lipinski definition) is 4. The third-order valence-electron chi connectivity index (χ3n) is 15.3. The van der Waals surface area contributed by atoms with Crippen molar-refractivity contribution in [2.45, 2.75) is 94.8 Å². The van der Waals surface area contributed by atoms with Crippen LogP contribution in [0.15, 0.2) is 102 Å². The molecule has 14 nitrogen and oxygen atoms in total. The lowest BCUT2D eigenvalue weighted by atomic mass is 9.60. The topological polar surface area (TPSA) is 179 Å². The number of ether oxygens (including phenoxy) is 2. The number of aromatic amines is 2. The number of nitrogens with one attached hydrogen (secondary N) is 4. The minimum absolute atomic E-state index is 0.0407. The molecule has 1 saturated carbocycles. The Hall–Kier alpha value is -7.22. The highest BCUT2D eigenvalue weighted by molar-refractivity contribution is 5.90. The van der Waals surface area contributed by atoms with Crippen LogP contribution >= 0.6 is 0 Å². The predicted octanol–water partition coefficient (Wildman–Crippen LogP) is 9.03. The lowest BCUT2D eigenvalue weighted by Gasteiger charge is -2.43. The van der Waals surface area contributed by atoms with Gasteiger partial charge in [0.25, 0.3) is 0 Å². The SMILES string of the molecule is CC[C@H](NC(=O)OC)C(=O)N1CCC[C@H]1c1ncc(-c2ccc(-c3ccc(-c4ccc5[nH]c([C@@H]6CCCN6C(=O)[C@@H](NC(=O)OC)c6ccccc6)cc(=O)c5c4)c4c3CC3CCC43C)cc2)[nH]1. The van der Waals surface area contributed by atoms with Crippen molar-refractivity contribution in [3.63, 3.8) is 0 Å². The molecular weight excluding hydrogens is 859 g/mol. The molecule has 0 radical (unpaired) electrons. The van der Waals surface area contributed by atoms with E-state index in [4.69, 9.17) is 14.5 Å². The predicted molar refractivity (Wildman–Crippen MR) is 259 cm³/mol. The molecule has 0 bridgehead atoms. The first-order chi connectivity index (χ1) is 33.0. The van der Waals surface area contributed by atoms with Gasteiger partial charge in [-0.05, 0) is 119 Å². The second kappa shape index (κ2) is 18.1. The van der Waals surface area contributed by atoms with Crippen LogP contribution in [0.1, 0.15) is 105 Å². The molecule has 2 unspecified atom stereocenters. The monoisotopic (exact) mass is 915 g/mol. The molecule has 4 aliphatic rings. The molecule has 6 atom stereocenters. The summed E-state index contributed by atoms with van der Waals surface area (Å²) in [4.78, 5) is 81.4. The molecule has 10 rings (SSSR count). The molecule has 2 aliphatic carbocycles. The molecule has 68 heavy (non-hydrogen) atoms. The summed E-state index contributed by atoms with van der Waals surface area (Å²) in [6.07, 6.45) is 7.32.